The van der Waals surface area contributed by atoms with Crippen LogP contribution in [0.4, 0.5) is 0 Å². The molecule has 15 heavy (non-hydrogen) atoms. The summed E-state index contributed by atoms with van der Waals surface area (Å²) >= 11 is 5.83. The summed E-state index contributed by atoms with van der Waals surface area (Å²) in [7, 11) is 1.78. The van der Waals surface area contributed by atoms with Gasteiger partial charge in [0.15, 0.2) is 0 Å². The Kier molecular flexibility index (Phi) is 2.95. The standard InChI is InChI=1S/C10H14ClN3O/c1-13-9(4-5-12-13)10(15)14-6-2-3-8(14)7-11/h4-5,8H,2-3,6-7H2,1H3. The fourth-order valence-electron chi connectivity index (χ4n) is 1.99. The van der Waals surface area contributed by atoms with Crippen molar-refractivity contribution in [2.45, 2.75) is 18.9 Å². The smallest absolute Gasteiger partial charge is 0.272 e. The van der Waals surface area contributed by atoms with Crippen LogP contribution in [0.3, 0.4) is 0 Å². The van der Waals surface area contributed by atoms with Crippen LogP contribution in [0, 0.1) is 0 Å². The van der Waals surface area contributed by atoms with Gasteiger partial charge in [-0.25, -0.2) is 0 Å². The van der Waals surface area contributed by atoms with Gasteiger partial charge in [-0.05, 0) is 18.9 Å². The second-order valence-corrected chi connectivity index (χ2v) is 4.10. The lowest BCUT2D eigenvalue weighted by Crippen LogP contribution is -2.37. The van der Waals surface area contributed by atoms with Gasteiger partial charge in [-0.2, -0.15) is 5.10 Å². The highest BCUT2D eigenvalue weighted by Crippen LogP contribution is 2.20. The van der Waals surface area contributed by atoms with E-state index in [0.717, 1.165) is 19.4 Å². The van der Waals surface area contributed by atoms with Crippen LogP contribution >= 0.6 is 11.6 Å². The Bertz CT molecular complexity index is 363. The predicted molar refractivity (Wildman–Crippen MR) is 58.0 cm³/mol. The van der Waals surface area contributed by atoms with Crippen LogP contribution < -0.4 is 0 Å². The van der Waals surface area contributed by atoms with Crippen molar-refractivity contribution in [1.82, 2.24) is 14.7 Å². The molecule has 0 saturated carbocycles. The zero-order chi connectivity index (χ0) is 10.8. The van der Waals surface area contributed by atoms with Crippen molar-refractivity contribution >= 4 is 17.5 Å². The Morgan fingerprint density at radius 3 is 3.13 bits per heavy atom. The predicted octanol–water partition coefficient (Wildman–Crippen LogP) is 1.26. The van der Waals surface area contributed by atoms with Gasteiger partial charge < -0.3 is 4.90 Å². The molecule has 2 rings (SSSR count). The van der Waals surface area contributed by atoms with Crippen LogP contribution in [0.5, 0.6) is 0 Å². The van der Waals surface area contributed by atoms with Crippen LogP contribution in [0.2, 0.25) is 0 Å². The Labute approximate surface area is 93.8 Å². The number of rotatable bonds is 2. The van der Waals surface area contributed by atoms with Gasteiger partial charge in [0.2, 0.25) is 0 Å². The fraction of sp³-hybridized carbons (Fsp3) is 0.600. The zero-order valence-corrected chi connectivity index (χ0v) is 9.44. The third-order valence-electron chi connectivity index (χ3n) is 2.86. The molecule has 5 heteroatoms. The minimum Gasteiger partial charge on any atom is -0.333 e. The van der Waals surface area contributed by atoms with Gasteiger partial charge in [-0.3, -0.25) is 9.48 Å². The van der Waals surface area contributed by atoms with E-state index in [-0.39, 0.29) is 11.9 Å². The quantitative estimate of drug-likeness (QED) is 0.714. The summed E-state index contributed by atoms with van der Waals surface area (Å²) < 4.78 is 1.60. The summed E-state index contributed by atoms with van der Waals surface area (Å²) in [6, 6.07) is 1.93. The number of nitrogens with zero attached hydrogens (tertiary/aromatic N) is 3. The summed E-state index contributed by atoms with van der Waals surface area (Å²) in [5.41, 5.74) is 0.631. The Hall–Kier alpha value is -1.03. The van der Waals surface area contributed by atoms with Gasteiger partial charge in [0.25, 0.3) is 5.91 Å². The molecule has 0 bridgehead atoms. The van der Waals surface area contributed by atoms with Gasteiger partial charge in [-0.15, -0.1) is 11.6 Å². The average Bonchev–Trinajstić information content (AvgIpc) is 2.84. The number of aromatic nitrogens is 2. The van der Waals surface area contributed by atoms with Crippen LogP contribution in [0.15, 0.2) is 12.3 Å². The lowest BCUT2D eigenvalue weighted by atomic mass is 10.2. The lowest BCUT2D eigenvalue weighted by molar-refractivity contribution is 0.0738. The number of hydrogen-bond acceptors (Lipinski definition) is 2. The lowest BCUT2D eigenvalue weighted by Gasteiger charge is -2.22. The molecule has 0 aliphatic carbocycles. The Morgan fingerprint density at radius 1 is 1.73 bits per heavy atom. The maximum Gasteiger partial charge on any atom is 0.272 e. The highest BCUT2D eigenvalue weighted by Gasteiger charge is 2.29. The van der Waals surface area contributed by atoms with Crippen molar-refractivity contribution in [1.29, 1.82) is 0 Å². The number of alkyl halides is 1. The molecule has 1 fully saturated rings. The van der Waals surface area contributed by atoms with E-state index in [2.05, 4.69) is 5.10 Å². The monoisotopic (exact) mass is 227 g/mol. The fourth-order valence-corrected chi connectivity index (χ4v) is 2.32. The number of hydrogen-bond donors (Lipinski definition) is 0. The number of likely N-dealkylation sites (tertiary alicyclic amines) is 1. The minimum atomic E-state index is 0.0400. The average molecular weight is 228 g/mol. The van der Waals surface area contributed by atoms with E-state index in [1.807, 2.05) is 4.90 Å². The molecule has 1 amide bonds. The molecule has 0 aromatic carbocycles. The maximum absolute atomic E-state index is 12.1. The van der Waals surface area contributed by atoms with Crippen molar-refractivity contribution in [3.05, 3.63) is 18.0 Å². The zero-order valence-electron chi connectivity index (χ0n) is 8.69. The molecule has 1 aliphatic rings. The SMILES string of the molecule is Cn1nccc1C(=O)N1CCCC1CCl. The molecule has 0 radical (unpaired) electrons. The molecule has 1 saturated heterocycles. The highest BCUT2D eigenvalue weighted by molar-refractivity contribution is 6.18. The molecule has 82 valence electrons. The summed E-state index contributed by atoms with van der Waals surface area (Å²) in [5, 5.41) is 4.00. The Balaban J connectivity index is 2.18. The molecule has 1 unspecified atom stereocenters. The van der Waals surface area contributed by atoms with E-state index in [0.29, 0.717) is 11.6 Å². The topological polar surface area (TPSA) is 38.1 Å². The van der Waals surface area contributed by atoms with Gasteiger partial charge in [-0.1, -0.05) is 0 Å². The van der Waals surface area contributed by atoms with Crippen molar-refractivity contribution < 1.29 is 4.79 Å². The van der Waals surface area contributed by atoms with Crippen LogP contribution in [0.1, 0.15) is 23.3 Å². The minimum absolute atomic E-state index is 0.0400. The van der Waals surface area contributed by atoms with Crippen LogP contribution in [-0.2, 0) is 7.05 Å². The summed E-state index contributed by atoms with van der Waals surface area (Å²) in [6.45, 7) is 0.807. The second kappa shape index (κ2) is 4.23. The second-order valence-electron chi connectivity index (χ2n) is 3.79. The normalized spacial score (nSPS) is 20.9. The number of carbonyl (C=O) groups excluding carboxylic acids is 1. The molecule has 1 aromatic heterocycles. The number of carbonyl (C=O) groups is 1. The van der Waals surface area contributed by atoms with E-state index in [9.17, 15) is 4.79 Å². The summed E-state index contributed by atoms with van der Waals surface area (Å²) in [6.07, 6.45) is 3.69. The van der Waals surface area contributed by atoms with E-state index >= 15 is 0 Å². The first-order valence-electron chi connectivity index (χ1n) is 5.09. The van der Waals surface area contributed by atoms with Crippen molar-refractivity contribution in [2.75, 3.05) is 12.4 Å². The first-order chi connectivity index (χ1) is 7.24. The van der Waals surface area contributed by atoms with Gasteiger partial charge in [0, 0.05) is 31.7 Å². The van der Waals surface area contributed by atoms with E-state index < -0.39 is 0 Å². The highest BCUT2D eigenvalue weighted by atomic mass is 35.5. The number of halogens is 1. The van der Waals surface area contributed by atoms with Crippen molar-refractivity contribution in [3.63, 3.8) is 0 Å². The summed E-state index contributed by atoms with van der Waals surface area (Å²) in [5.74, 6) is 0.557. The molecule has 1 atom stereocenters. The van der Waals surface area contributed by atoms with E-state index in [4.69, 9.17) is 11.6 Å². The first-order valence-corrected chi connectivity index (χ1v) is 5.62. The first kappa shape index (κ1) is 10.5. The summed E-state index contributed by atoms with van der Waals surface area (Å²) in [4.78, 5) is 14.0. The molecule has 1 aliphatic heterocycles. The third-order valence-corrected chi connectivity index (χ3v) is 3.21. The number of amides is 1. The molecule has 1 aromatic rings. The van der Waals surface area contributed by atoms with Crippen LogP contribution in [-0.4, -0.2) is 39.1 Å². The largest absolute Gasteiger partial charge is 0.333 e. The van der Waals surface area contributed by atoms with Gasteiger partial charge in [0.1, 0.15) is 5.69 Å². The van der Waals surface area contributed by atoms with Gasteiger partial charge in [0.05, 0.1) is 0 Å². The molecule has 0 spiro atoms. The molecule has 4 nitrogen and oxygen atoms in total. The molecule has 2 heterocycles. The van der Waals surface area contributed by atoms with Gasteiger partial charge >= 0.3 is 0 Å². The number of aryl methyl sites for hydroxylation is 1. The Morgan fingerprint density at radius 2 is 2.53 bits per heavy atom. The van der Waals surface area contributed by atoms with Crippen molar-refractivity contribution in [2.24, 2.45) is 7.05 Å². The van der Waals surface area contributed by atoms with E-state index in [1.165, 1.54) is 0 Å². The van der Waals surface area contributed by atoms with Crippen LogP contribution in [0.25, 0.3) is 0 Å². The van der Waals surface area contributed by atoms with E-state index in [1.54, 1.807) is 24.0 Å². The maximum atomic E-state index is 12.1. The molecular weight excluding hydrogens is 214 g/mol. The third kappa shape index (κ3) is 1.86. The molecule has 0 N–H and O–H groups in total. The van der Waals surface area contributed by atoms with Crippen molar-refractivity contribution in [3.8, 4) is 0 Å². The molecular formula is C10H14ClN3O.